The summed E-state index contributed by atoms with van der Waals surface area (Å²) in [4.78, 5) is 16.2. The minimum absolute atomic E-state index is 0.00521. The summed E-state index contributed by atoms with van der Waals surface area (Å²) >= 11 is 0. The number of anilines is 1. The van der Waals surface area contributed by atoms with Crippen LogP contribution in [0.2, 0.25) is 0 Å². The van der Waals surface area contributed by atoms with E-state index in [-0.39, 0.29) is 11.6 Å². The molecule has 0 aromatic carbocycles. The second kappa shape index (κ2) is 5.43. The van der Waals surface area contributed by atoms with E-state index < -0.39 is 0 Å². The minimum Gasteiger partial charge on any atom is -0.352 e. The van der Waals surface area contributed by atoms with Crippen molar-refractivity contribution in [3.05, 3.63) is 18.5 Å². The molecule has 3 rings (SSSR count). The van der Waals surface area contributed by atoms with Crippen LogP contribution in [0.5, 0.6) is 0 Å². The Labute approximate surface area is 129 Å². The Balaban J connectivity index is 1.62. The van der Waals surface area contributed by atoms with Gasteiger partial charge < -0.3 is 15.1 Å². The van der Waals surface area contributed by atoms with Gasteiger partial charge in [-0.05, 0) is 32.9 Å². The highest BCUT2D eigenvalue weighted by Gasteiger charge is 2.24. The molecule has 3 heterocycles. The molecule has 1 aliphatic heterocycles. The second-order valence-electron chi connectivity index (χ2n) is 6.48. The highest BCUT2D eigenvalue weighted by Crippen LogP contribution is 2.14. The molecule has 0 aliphatic carbocycles. The van der Waals surface area contributed by atoms with Gasteiger partial charge in [0.15, 0.2) is 5.65 Å². The Morgan fingerprint density at radius 3 is 2.59 bits per heavy atom. The van der Waals surface area contributed by atoms with Crippen molar-refractivity contribution in [3.63, 3.8) is 0 Å². The standard InChI is InChI=1S/C14H21N7O/c1-14(2,3)16-13(22)20-8-6-19(7-9-20)12-5-4-11-17-15-10-21(11)18-12/h4-5,10H,6-9H2,1-3H3,(H,16,22). The van der Waals surface area contributed by atoms with Crippen LogP contribution in [-0.4, -0.2) is 62.5 Å². The summed E-state index contributed by atoms with van der Waals surface area (Å²) in [6.07, 6.45) is 1.59. The van der Waals surface area contributed by atoms with Crippen LogP contribution in [0.25, 0.3) is 5.65 Å². The normalized spacial score (nSPS) is 16.1. The lowest BCUT2D eigenvalue weighted by atomic mass is 10.1. The Morgan fingerprint density at radius 2 is 1.91 bits per heavy atom. The number of hydrogen-bond acceptors (Lipinski definition) is 5. The zero-order chi connectivity index (χ0) is 15.7. The molecule has 0 saturated carbocycles. The van der Waals surface area contributed by atoms with Gasteiger partial charge in [-0.15, -0.1) is 15.3 Å². The lowest BCUT2D eigenvalue weighted by molar-refractivity contribution is 0.185. The Kier molecular flexibility index (Phi) is 3.59. The fourth-order valence-corrected chi connectivity index (χ4v) is 2.43. The summed E-state index contributed by atoms with van der Waals surface area (Å²) in [5, 5.41) is 15.3. The third-order valence-corrected chi connectivity index (χ3v) is 3.52. The van der Waals surface area contributed by atoms with Crippen LogP contribution in [0, 0.1) is 0 Å². The van der Waals surface area contributed by atoms with Gasteiger partial charge >= 0.3 is 6.03 Å². The van der Waals surface area contributed by atoms with Crippen LogP contribution in [0.15, 0.2) is 18.5 Å². The number of amides is 2. The van der Waals surface area contributed by atoms with Gasteiger partial charge in [-0.1, -0.05) is 0 Å². The smallest absolute Gasteiger partial charge is 0.317 e. The van der Waals surface area contributed by atoms with Gasteiger partial charge in [0.05, 0.1) is 0 Å². The average Bonchev–Trinajstić information content (AvgIpc) is 2.93. The van der Waals surface area contributed by atoms with Gasteiger partial charge in [-0.3, -0.25) is 0 Å². The summed E-state index contributed by atoms with van der Waals surface area (Å²) < 4.78 is 1.66. The molecule has 0 atom stereocenters. The van der Waals surface area contributed by atoms with Crippen LogP contribution in [0.4, 0.5) is 10.6 Å². The van der Waals surface area contributed by atoms with Crippen LogP contribution < -0.4 is 10.2 Å². The van der Waals surface area contributed by atoms with Crippen LogP contribution in [0.3, 0.4) is 0 Å². The molecule has 2 aromatic rings. The van der Waals surface area contributed by atoms with E-state index >= 15 is 0 Å². The highest BCUT2D eigenvalue weighted by molar-refractivity contribution is 5.75. The summed E-state index contributed by atoms with van der Waals surface area (Å²) in [5.41, 5.74) is 0.516. The third kappa shape index (κ3) is 3.10. The average molecular weight is 303 g/mol. The largest absolute Gasteiger partial charge is 0.352 e. The first kappa shape index (κ1) is 14.6. The number of carbonyl (C=O) groups is 1. The molecule has 118 valence electrons. The number of nitrogens with zero attached hydrogens (tertiary/aromatic N) is 6. The maximum atomic E-state index is 12.2. The monoisotopic (exact) mass is 303 g/mol. The summed E-state index contributed by atoms with van der Waals surface area (Å²) in [6, 6.07) is 3.83. The summed E-state index contributed by atoms with van der Waals surface area (Å²) in [5.74, 6) is 0.878. The van der Waals surface area contributed by atoms with Crippen molar-refractivity contribution in [2.45, 2.75) is 26.3 Å². The summed E-state index contributed by atoms with van der Waals surface area (Å²) in [7, 11) is 0. The first-order valence-electron chi connectivity index (χ1n) is 7.41. The molecule has 8 heteroatoms. The van der Waals surface area contributed by atoms with Crippen molar-refractivity contribution < 1.29 is 4.79 Å². The minimum atomic E-state index is -0.213. The van der Waals surface area contributed by atoms with Crippen molar-refractivity contribution in [2.75, 3.05) is 31.1 Å². The molecular weight excluding hydrogens is 282 g/mol. The van der Waals surface area contributed by atoms with Crippen molar-refractivity contribution in [1.82, 2.24) is 30.0 Å². The van der Waals surface area contributed by atoms with Gasteiger partial charge in [-0.25, -0.2) is 4.79 Å². The van der Waals surface area contributed by atoms with E-state index in [1.807, 2.05) is 37.8 Å². The van der Waals surface area contributed by atoms with Crippen molar-refractivity contribution in [2.24, 2.45) is 0 Å². The van der Waals surface area contributed by atoms with Crippen molar-refractivity contribution >= 4 is 17.5 Å². The van der Waals surface area contributed by atoms with Crippen molar-refractivity contribution in [3.8, 4) is 0 Å². The molecule has 1 saturated heterocycles. The number of nitrogens with one attached hydrogen (secondary N) is 1. The first-order chi connectivity index (χ1) is 10.4. The van der Waals surface area contributed by atoms with Crippen LogP contribution in [0.1, 0.15) is 20.8 Å². The molecular formula is C14H21N7O. The molecule has 0 spiro atoms. The van der Waals surface area contributed by atoms with E-state index in [9.17, 15) is 4.79 Å². The SMILES string of the molecule is CC(C)(C)NC(=O)N1CCN(c2ccc3nncn3n2)CC1. The fourth-order valence-electron chi connectivity index (χ4n) is 2.43. The molecule has 2 aromatic heterocycles. The van der Waals surface area contributed by atoms with E-state index in [1.54, 1.807) is 10.8 Å². The van der Waals surface area contributed by atoms with Crippen LogP contribution in [-0.2, 0) is 0 Å². The number of aromatic nitrogens is 4. The van der Waals surface area contributed by atoms with E-state index in [2.05, 4.69) is 25.5 Å². The number of rotatable bonds is 1. The predicted octanol–water partition coefficient (Wildman–Crippen LogP) is 0.754. The molecule has 0 bridgehead atoms. The molecule has 1 aliphatic rings. The number of urea groups is 1. The molecule has 22 heavy (non-hydrogen) atoms. The van der Waals surface area contributed by atoms with Crippen LogP contribution >= 0.6 is 0 Å². The molecule has 1 fully saturated rings. The van der Waals surface area contributed by atoms with E-state index in [0.717, 1.165) is 24.6 Å². The van der Waals surface area contributed by atoms with E-state index in [4.69, 9.17) is 0 Å². The lowest BCUT2D eigenvalue weighted by Gasteiger charge is -2.36. The molecule has 1 N–H and O–H groups in total. The number of fused-ring (bicyclic) bond motifs is 1. The summed E-state index contributed by atoms with van der Waals surface area (Å²) in [6.45, 7) is 8.85. The predicted molar refractivity (Wildman–Crippen MR) is 82.9 cm³/mol. The molecule has 2 amide bonds. The number of piperazine rings is 1. The quantitative estimate of drug-likeness (QED) is 0.841. The third-order valence-electron chi connectivity index (χ3n) is 3.52. The fraction of sp³-hybridized carbons (Fsp3) is 0.571. The Bertz CT molecular complexity index is 667. The zero-order valence-corrected chi connectivity index (χ0v) is 13.2. The Morgan fingerprint density at radius 1 is 1.18 bits per heavy atom. The zero-order valence-electron chi connectivity index (χ0n) is 13.2. The highest BCUT2D eigenvalue weighted by atomic mass is 16.2. The topological polar surface area (TPSA) is 78.7 Å². The maximum Gasteiger partial charge on any atom is 0.317 e. The van der Waals surface area contributed by atoms with Gasteiger partial charge in [-0.2, -0.15) is 4.52 Å². The van der Waals surface area contributed by atoms with Crippen molar-refractivity contribution in [1.29, 1.82) is 0 Å². The number of hydrogen-bond donors (Lipinski definition) is 1. The van der Waals surface area contributed by atoms with Gasteiger partial charge in [0, 0.05) is 31.7 Å². The van der Waals surface area contributed by atoms with E-state index in [0.29, 0.717) is 13.1 Å². The first-order valence-corrected chi connectivity index (χ1v) is 7.41. The Hall–Kier alpha value is -2.38. The second-order valence-corrected chi connectivity index (χ2v) is 6.48. The molecule has 8 nitrogen and oxygen atoms in total. The van der Waals surface area contributed by atoms with Gasteiger partial charge in [0.2, 0.25) is 0 Å². The lowest BCUT2D eigenvalue weighted by Crippen LogP contribution is -2.55. The number of carbonyl (C=O) groups excluding carboxylic acids is 1. The maximum absolute atomic E-state index is 12.2. The van der Waals surface area contributed by atoms with E-state index in [1.165, 1.54) is 0 Å². The molecule has 0 radical (unpaired) electrons. The van der Waals surface area contributed by atoms with Gasteiger partial charge in [0.1, 0.15) is 12.1 Å². The van der Waals surface area contributed by atoms with Gasteiger partial charge in [0.25, 0.3) is 0 Å². The molecule has 0 unspecified atom stereocenters.